The molecule has 1 unspecified atom stereocenters. The molecule has 22 heavy (non-hydrogen) atoms. The zero-order valence-electron chi connectivity index (χ0n) is 13.7. The number of aryl methyl sites for hydroxylation is 1. The van der Waals surface area contributed by atoms with E-state index in [1.807, 2.05) is 38.2 Å². The summed E-state index contributed by atoms with van der Waals surface area (Å²) in [6.07, 6.45) is 5.49. The van der Waals surface area contributed by atoms with Crippen molar-refractivity contribution < 1.29 is 0 Å². The lowest BCUT2D eigenvalue weighted by Crippen LogP contribution is -2.34. The Labute approximate surface area is 134 Å². The van der Waals surface area contributed by atoms with Crippen LogP contribution in [0.25, 0.3) is 5.70 Å². The summed E-state index contributed by atoms with van der Waals surface area (Å²) in [7, 11) is 1.88. The van der Waals surface area contributed by atoms with Crippen molar-refractivity contribution in [3.05, 3.63) is 73.6 Å². The van der Waals surface area contributed by atoms with E-state index in [9.17, 15) is 0 Å². The van der Waals surface area contributed by atoms with Gasteiger partial charge in [-0.3, -0.25) is 0 Å². The molecule has 1 aromatic rings. The summed E-state index contributed by atoms with van der Waals surface area (Å²) < 4.78 is 0. The van der Waals surface area contributed by atoms with Gasteiger partial charge in [0.15, 0.2) is 0 Å². The standard InChI is InChI=1S/C19H27N3/c1-7-9-10-19(15(4)21-6)22(8-2)16(5)18-12-11-17(20)13-14(18)3/h7-8,11-13,19,21H,1-2,4-5,9-10,20H2,3,6H3. The monoisotopic (exact) mass is 297 g/mol. The minimum absolute atomic E-state index is 0.0740. The topological polar surface area (TPSA) is 41.3 Å². The Balaban J connectivity index is 3.14. The van der Waals surface area contributed by atoms with Crippen molar-refractivity contribution in [3.63, 3.8) is 0 Å². The van der Waals surface area contributed by atoms with E-state index in [1.54, 1.807) is 6.20 Å². The lowest BCUT2D eigenvalue weighted by molar-refractivity contribution is 0.396. The fourth-order valence-corrected chi connectivity index (χ4v) is 2.50. The fourth-order valence-electron chi connectivity index (χ4n) is 2.50. The molecule has 0 radical (unpaired) electrons. The van der Waals surface area contributed by atoms with Crippen molar-refractivity contribution in [2.75, 3.05) is 12.8 Å². The summed E-state index contributed by atoms with van der Waals surface area (Å²) in [4.78, 5) is 2.06. The van der Waals surface area contributed by atoms with E-state index < -0.39 is 0 Å². The highest BCUT2D eigenvalue weighted by molar-refractivity contribution is 5.68. The van der Waals surface area contributed by atoms with Gasteiger partial charge in [0.1, 0.15) is 0 Å². The Morgan fingerprint density at radius 1 is 1.36 bits per heavy atom. The van der Waals surface area contributed by atoms with E-state index in [4.69, 9.17) is 5.73 Å². The number of allylic oxidation sites excluding steroid dienone is 1. The molecule has 0 amide bonds. The van der Waals surface area contributed by atoms with Crippen molar-refractivity contribution >= 4 is 11.4 Å². The summed E-state index contributed by atoms with van der Waals surface area (Å²) in [6.45, 7) is 18.1. The van der Waals surface area contributed by atoms with Crippen LogP contribution in [0.15, 0.2) is 62.5 Å². The van der Waals surface area contributed by atoms with Gasteiger partial charge in [0.2, 0.25) is 0 Å². The molecule has 118 valence electrons. The average Bonchev–Trinajstić information content (AvgIpc) is 2.50. The van der Waals surface area contributed by atoms with Crippen molar-refractivity contribution in [1.29, 1.82) is 0 Å². The highest BCUT2D eigenvalue weighted by atomic mass is 15.2. The second-order valence-electron chi connectivity index (χ2n) is 5.27. The molecule has 1 atom stereocenters. The van der Waals surface area contributed by atoms with Gasteiger partial charge < -0.3 is 16.0 Å². The summed E-state index contributed by atoms with van der Waals surface area (Å²) >= 11 is 0. The zero-order valence-corrected chi connectivity index (χ0v) is 13.7. The van der Waals surface area contributed by atoms with Crippen molar-refractivity contribution in [1.82, 2.24) is 10.2 Å². The Hall–Kier alpha value is -2.42. The molecule has 0 aliphatic rings. The van der Waals surface area contributed by atoms with Gasteiger partial charge in [-0.25, -0.2) is 0 Å². The number of nitrogens with zero attached hydrogens (tertiary/aromatic N) is 1. The maximum Gasteiger partial charge on any atom is 0.0728 e. The van der Waals surface area contributed by atoms with Crippen LogP contribution in [0.5, 0.6) is 0 Å². The third kappa shape index (κ3) is 4.04. The average molecular weight is 297 g/mol. The molecule has 0 aliphatic heterocycles. The molecule has 3 nitrogen and oxygen atoms in total. The number of hydrogen-bond donors (Lipinski definition) is 2. The quantitative estimate of drug-likeness (QED) is 0.533. The number of anilines is 1. The van der Waals surface area contributed by atoms with Crippen LogP contribution < -0.4 is 11.1 Å². The van der Waals surface area contributed by atoms with Gasteiger partial charge in [0.05, 0.1) is 6.04 Å². The van der Waals surface area contributed by atoms with Crippen LogP contribution in [0.3, 0.4) is 0 Å². The number of benzene rings is 1. The zero-order chi connectivity index (χ0) is 16.7. The minimum atomic E-state index is 0.0740. The van der Waals surface area contributed by atoms with Gasteiger partial charge in [-0.1, -0.05) is 31.9 Å². The van der Waals surface area contributed by atoms with E-state index in [2.05, 4.69) is 36.5 Å². The van der Waals surface area contributed by atoms with Gasteiger partial charge >= 0.3 is 0 Å². The molecule has 1 rings (SSSR count). The van der Waals surface area contributed by atoms with Gasteiger partial charge in [0.25, 0.3) is 0 Å². The summed E-state index contributed by atoms with van der Waals surface area (Å²) in [5.41, 5.74) is 10.5. The first-order chi connectivity index (χ1) is 10.5. The first-order valence-corrected chi connectivity index (χ1v) is 7.40. The summed E-state index contributed by atoms with van der Waals surface area (Å²) in [5, 5.41) is 3.14. The molecule has 0 bridgehead atoms. The number of hydrogen-bond acceptors (Lipinski definition) is 3. The van der Waals surface area contributed by atoms with E-state index in [1.165, 1.54) is 0 Å². The second kappa shape index (κ2) is 8.13. The van der Waals surface area contributed by atoms with Gasteiger partial charge in [0, 0.05) is 29.7 Å². The van der Waals surface area contributed by atoms with Gasteiger partial charge in [-0.15, -0.1) is 6.58 Å². The number of rotatable bonds is 9. The smallest absolute Gasteiger partial charge is 0.0728 e. The third-order valence-electron chi connectivity index (χ3n) is 3.77. The molecular formula is C19H27N3. The van der Waals surface area contributed by atoms with Crippen LogP contribution in [-0.2, 0) is 0 Å². The fraction of sp³-hybridized carbons (Fsp3) is 0.263. The first-order valence-electron chi connectivity index (χ1n) is 7.40. The maximum absolute atomic E-state index is 5.83. The molecule has 3 N–H and O–H groups in total. The van der Waals surface area contributed by atoms with Gasteiger partial charge in [-0.2, -0.15) is 0 Å². The SMILES string of the molecule is C=CCCC(C(=C)NC)N(C=C)C(=C)c1ccc(N)cc1C. The van der Waals surface area contributed by atoms with Crippen molar-refractivity contribution in [3.8, 4) is 0 Å². The maximum atomic E-state index is 5.83. The van der Waals surface area contributed by atoms with E-state index in [0.717, 1.165) is 41.1 Å². The first kappa shape index (κ1) is 17.6. The largest absolute Gasteiger partial charge is 0.399 e. The molecule has 0 fully saturated rings. The molecule has 0 saturated carbocycles. The van der Waals surface area contributed by atoms with Crippen LogP contribution in [0.2, 0.25) is 0 Å². The predicted octanol–water partition coefficient (Wildman–Crippen LogP) is 4.06. The molecule has 1 aromatic carbocycles. The summed E-state index contributed by atoms with van der Waals surface area (Å²) in [6, 6.07) is 5.91. The number of nitrogens with two attached hydrogens (primary N) is 1. The lowest BCUT2D eigenvalue weighted by atomic mass is 10.0. The van der Waals surface area contributed by atoms with Crippen molar-refractivity contribution in [2.45, 2.75) is 25.8 Å². The Bertz CT molecular complexity index is 572. The van der Waals surface area contributed by atoms with Crippen LogP contribution >= 0.6 is 0 Å². The normalized spacial score (nSPS) is 11.4. The molecule has 0 aromatic heterocycles. The molecule has 3 heteroatoms. The number of likely N-dealkylation sites (N-methyl/N-ethyl adjacent to an activating group) is 1. The molecule has 0 heterocycles. The van der Waals surface area contributed by atoms with Crippen LogP contribution in [0.1, 0.15) is 24.0 Å². The Morgan fingerprint density at radius 3 is 2.55 bits per heavy atom. The molecule has 0 saturated heterocycles. The van der Waals surface area contributed by atoms with Crippen LogP contribution in [0.4, 0.5) is 5.69 Å². The van der Waals surface area contributed by atoms with Crippen LogP contribution in [-0.4, -0.2) is 18.0 Å². The van der Waals surface area contributed by atoms with Gasteiger partial charge in [-0.05, 0) is 43.7 Å². The lowest BCUT2D eigenvalue weighted by Gasteiger charge is -2.34. The number of nitrogen functional groups attached to an aromatic ring is 1. The van der Waals surface area contributed by atoms with E-state index >= 15 is 0 Å². The Kier molecular flexibility index (Phi) is 6.51. The highest BCUT2D eigenvalue weighted by Gasteiger charge is 2.21. The number of nitrogens with one attached hydrogen (secondary N) is 1. The third-order valence-corrected chi connectivity index (χ3v) is 3.77. The second-order valence-corrected chi connectivity index (χ2v) is 5.27. The van der Waals surface area contributed by atoms with E-state index in [0.29, 0.717) is 0 Å². The molecule has 0 aliphatic carbocycles. The van der Waals surface area contributed by atoms with E-state index in [-0.39, 0.29) is 6.04 Å². The molecular weight excluding hydrogens is 270 g/mol. The van der Waals surface area contributed by atoms with Crippen LogP contribution in [0, 0.1) is 6.92 Å². The molecule has 0 spiro atoms. The minimum Gasteiger partial charge on any atom is -0.399 e. The van der Waals surface area contributed by atoms with Crippen molar-refractivity contribution in [2.24, 2.45) is 0 Å². The highest BCUT2D eigenvalue weighted by Crippen LogP contribution is 2.28. The summed E-state index contributed by atoms with van der Waals surface area (Å²) in [5.74, 6) is 0. The predicted molar refractivity (Wildman–Crippen MR) is 98.1 cm³/mol. The Morgan fingerprint density at radius 2 is 2.05 bits per heavy atom.